The van der Waals surface area contributed by atoms with Crippen molar-refractivity contribution in [3.05, 3.63) is 65.7 Å². The van der Waals surface area contributed by atoms with E-state index in [9.17, 15) is 22.8 Å². The predicted molar refractivity (Wildman–Crippen MR) is 111 cm³/mol. The summed E-state index contributed by atoms with van der Waals surface area (Å²) < 4.78 is 39.5. The minimum Gasteiger partial charge on any atom is -0.358 e. The van der Waals surface area contributed by atoms with Crippen LogP contribution in [0.4, 0.5) is 18.9 Å². The zero-order chi connectivity index (χ0) is 22.4. The van der Waals surface area contributed by atoms with Gasteiger partial charge >= 0.3 is 6.18 Å². The van der Waals surface area contributed by atoms with Crippen LogP contribution in [0, 0.1) is 0 Å². The van der Waals surface area contributed by atoms with Crippen LogP contribution >= 0.6 is 0 Å². The van der Waals surface area contributed by atoms with Crippen LogP contribution in [0.5, 0.6) is 0 Å². The number of alkyl halides is 3. The number of piperazine rings is 1. The minimum atomic E-state index is -4.57. The van der Waals surface area contributed by atoms with Crippen LogP contribution in [0.2, 0.25) is 0 Å². The molecule has 0 radical (unpaired) electrons. The van der Waals surface area contributed by atoms with E-state index in [1.165, 1.54) is 25.2 Å². The number of rotatable bonds is 6. The summed E-state index contributed by atoms with van der Waals surface area (Å²) in [5.74, 6) is -0.830. The van der Waals surface area contributed by atoms with E-state index in [1.54, 1.807) is 4.90 Å². The molecule has 2 N–H and O–H groups in total. The molecule has 6 nitrogen and oxygen atoms in total. The van der Waals surface area contributed by atoms with Gasteiger partial charge in [-0.1, -0.05) is 42.5 Å². The summed E-state index contributed by atoms with van der Waals surface area (Å²) >= 11 is 0. The first-order valence-corrected chi connectivity index (χ1v) is 9.96. The van der Waals surface area contributed by atoms with Crippen molar-refractivity contribution in [2.75, 3.05) is 38.5 Å². The maximum Gasteiger partial charge on any atom is 0.418 e. The maximum atomic E-state index is 13.2. The number of halogens is 3. The SMILES string of the molecule is CNC(=O)[C@H]1CN(Cc2ccccc2)CCN1CC(=O)Nc1ccccc1C(F)(F)F. The lowest BCUT2D eigenvalue weighted by Gasteiger charge is -2.40. The maximum absolute atomic E-state index is 13.2. The quantitative estimate of drug-likeness (QED) is 0.734. The summed E-state index contributed by atoms with van der Waals surface area (Å²) in [5.41, 5.74) is -0.0776. The van der Waals surface area contributed by atoms with Crippen LogP contribution in [0.3, 0.4) is 0 Å². The number of benzene rings is 2. The number of nitrogens with zero attached hydrogens (tertiary/aromatic N) is 2. The van der Waals surface area contributed by atoms with Gasteiger partial charge < -0.3 is 10.6 Å². The lowest BCUT2D eigenvalue weighted by atomic mass is 10.1. The number of carbonyl (C=O) groups is 2. The molecule has 2 aromatic carbocycles. The Hall–Kier alpha value is -2.91. The summed E-state index contributed by atoms with van der Waals surface area (Å²) in [6.07, 6.45) is -4.57. The number of nitrogens with one attached hydrogen (secondary N) is 2. The van der Waals surface area contributed by atoms with Gasteiger partial charge in [-0.15, -0.1) is 0 Å². The fourth-order valence-corrected chi connectivity index (χ4v) is 3.68. The van der Waals surface area contributed by atoms with E-state index in [2.05, 4.69) is 15.5 Å². The van der Waals surface area contributed by atoms with Crippen LogP contribution in [-0.2, 0) is 22.3 Å². The van der Waals surface area contributed by atoms with E-state index >= 15 is 0 Å². The largest absolute Gasteiger partial charge is 0.418 e. The number of likely N-dealkylation sites (N-methyl/N-ethyl adjacent to an activating group) is 1. The standard InChI is InChI=1S/C22H25F3N4O2/c1-26-21(31)19-14-28(13-16-7-3-2-4-8-16)11-12-29(19)15-20(30)27-18-10-6-5-9-17(18)22(23,24)25/h2-10,19H,11-15H2,1H3,(H,26,31)(H,27,30)/t19-/m1/s1. The average Bonchev–Trinajstić information content (AvgIpc) is 2.74. The average molecular weight is 434 g/mol. The highest BCUT2D eigenvalue weighted by molar-refractivity contribution is 5.93. The molecular formula is C22H25F3N4O2. The van der Waals surface area contributed by atoms with E-state index in [1.807, 2.05) is 30.3 Å². The highest BCUT2D eigenvalue weighted by Gasteiger charge is 2.35. The predicted octanol–water partition coefficient (Wildman–Crippen LogP) is 2.58. The van der Waals surface area contributed by atoms with Crippen molar-refractivity contribution >= 4 is 17.5 Å². The molecule has 0 unspecified atom stereocenters. The summed E-state index contributed by atoms with van der Waals surface area (Å²) in [7, 11) is 1.52. The van der Waals surface area contributed by atoms with Crippen molar-refractivity contribution in [1.29, 1.82) is 0 Å². The van der Waals surface area contributed by atoms with Gasteiger partial charge in [-0.25, -0.2) is 0 Å². The molecule has 2 amide bonds. The second-order valence-electron chi connectivity index (χ2n) is 7.41. The second kappa shape index (κ2) is 9.93. The molecule has 1 aliphatic heterocycles. The normalized spacial score (nSPS) is 17.9. The van der Waals surface area contributed by atoms with E-state index in [4.69, 9.17) is 0 Å². The fraction of sp³-hybridized carbons (Fsp3) is 0.364. The zero-order valence-electron chi connectivity index (χ0n) is 17.2. The Balaban J connectivity index is 1.66. The number of anilines is 1. The highest BCUT2D eigenvalue weighted by atomic mass is 19.4. The molecule has 166 valence electrons. The molecule has 1 saturated heterocycles. The Bertz CT molecular complexity index is 905. The van der Waals surface area contributed by atoms with Gasteiger partial charge in [0.1, 0.15) is 6.04 Å². The molecule has 0 aromatic heterocycles. The number of amides is 2. The number of hydrogen-bond donors (Lipinski definition) is 2. The monoisotopic (exact) mass is 434 g/mol. The van der Waals surface area contributed by atoms with Gasteiger partial charge in [0.25, 0.3) is 0 Å². The van der Waals surface area contributed by atoms with Crippen molar-refractivity contribution in [3.63, 3.8) is 0 Å². The van der Waals surface area contributed by atoms with Crippen LogP contribution in [-0.4, -0.2) is 60.9 Å². The van der Waals surface area contributed by atoms with Crippen LogP contribution in [0.25, 0.3) is 0 Å². The fourth-order valence-electron chi connectivity index (χ4n) is 3.68. The molecule has 0 aliphatic carbocycles. The van der Waals surface area contributed by atoms with Gasteiger partial charge in [0.15, 0.2) is 0 Å². The third-order valence-electron chi connectivity index (χ3n) is 5.23. The van der Waals surface area contributed by atoms with Crippen molar-refractivity contribution in [2.24, 2.45) is 0 Å². The summed E-state index contributed by atoms with van der Waals surface area (Å²) in [6, 6.07) is 14.1. The molecule has 1 atom stereocenters. The van der Waals surface area contributed by atoms with Gasteiger partial charge in [-0.05, 0) is 17.7 Å². The number of carbonyl (C=O) groups excluding carboxylic acids is 2. The molecule has 0 bridgehead atoms. The van der Waals surface area contributed by atoms with E-state index in [-0.39, 0.29) is 18.1 Å². The Morgan fingerprint density at radius 2 is 1.71 bits per heavy atom. The van der Waals surface area contributed by atoms with Crippen LogP contribution < -0.4 is 10.6 Å². The molecule has 0 saturated carbocycles. The van der Waals surface area contributed by atoms with E-state index in [0.717, 1.165) is 11.6 Å². The molecule has 31 heavy (non-hydrogen) atoms. The third-order valence-corrected chi connectivity index (χ3v) is 5.23. The molecule has 1 heterocycles. The first-order valence-electron chi connectivity index (χ1n) is 9.96. The minimum absolute atomic E-state index is 0.177. The zero-order valence-corrected chi connectivity index (χ0v) is 17.2. The summed E-state index contributed by atoms with van der Waals surface area (Å²) in [5, 5.41) is 4.96. The highest BCUT2D eigenvalue weighted by Crippen LogP contribution is 2.34. The third kappa shape index (κ3) is 6.05. The van der Waals surface area contributed by atoms with Gasteiger partial charge in [-0.3, -0.25) is 19.4 Å². The Morgan fingerprint density at radius 3 is 2.39 bits per heavy atom. The first-order chi connectivity index (χ1) is 14.8. The molecule has 1 fully saturated rings. The van der Waals surface area contributed by atoms with Crippen molar-refractivity contribution in [3.8, 4) is 0 Å². The first kappa shape index (κ1) is 22.8. The Morgan fingerprint density at radius 1 is 1.03 bits per heavy atom. The smallest absolute Gasteiger partial charge is 0.358 e. The van der Waals surface area contributed by atoms with Crippen LogP contribution in [0.1, 0.15) is 11.1 Å². The van der Waals surface area contributed by atoms with Gasteiger partial charge in [0.2, 0.25) is 11.8 Å². The molecule has 2 aromatic rings. The molecule has 3 rings (SSSR count). The lowest BCUT2D eigenvalue weighted by molar-refractivity contribution is -0.137. The van der Waals surface area contributed by atoms with E-state index < -0.39 is 23.7 Å². The molecular weight excluding hydrogens is 409 g/mol. The molecule has 9 heteroatoms. The van der Waals surface area contributed by atoms with Crippen molar-refractivity contribution in [1.82, 2.24) is 15.1 Å². The lowest BCUT2D eigenvalue weighted by Crippen LogP contribution is -2.59. The topological polar surface area (TPSA) is 64.7 Å². The summed E-state index contributed by atoms with van der Waals surface area (Å²) in [4.78, 5) is 28.8. The second-order valence-corrected chi connectivity index (χ2v) is 7.41. The Labute approximate surface area is 179 Å². The summed E-state index contributed by atoms with van der Waals surface area (Å²) in [6.45, 7) is 1.99. The van der Waals surface area contributed by atoms with Crippen molar-refractivity contribution in [2.45, 2.75) is 18.8 Å². The van der Waals surface area contributed by atoms with Gasteiger partial charge in [0, 0.05) is 33.2 Å². The van der Waals surface area contributed by atoms with Crippen molar-refractivity contribution < 1.29 is 22.8 Å². The number of para-hydroxylation sites is 1. The Kier molecular flexibility index (Phi) is 7.29. The molecule has 1 aliphatic rings. The van der Waals surface area contributed by atoms with Gasteiger partial charge in [0.05, 0.1) is 17.8 Å². The molecule has 0 spiro atoms. The van der Waals surface area contributed by atoms with E-state index in [0.29, 0.717) is 26.2 Å². The number of hydrogen-bond acceptors (Lipinski definition) is 4. The van der Waals surface area contributed by atoms with Gasteiger partial charge in [-0.2, -0.15) is 13.2 Å². The van der Waals surface area contributed by atoms with Crippen LogP contribution in [0.15, 0.2) is 54.6 Å².